The molecule has 3 atom stereocenters. The van der Waals surface area contributed by atoms with Gasteiger partial charge in [0.15, 0.2) is 0 Å². The van der Waals surface area contributed by atoms with E-state index in [-0.39, 0.29) is 18.8 Å². The van der Waals surface area contributed by atoms with E-state index in [2.05, 4.69) is 15.6 Å². The van der Waals surface area contributed by atoms with Crippen LogP contribution in [0.25, 0.3) is 0 Å². The molecule has 0 unspecified atom stereocenters. The Morgan fingerprint density at radius 3 is 2.09 bits per heavy atom. The Morgan fingerprint density at radius 1 is 0.955 bits per heavy atom. The van der Waals surface area contributed by atoms with E-state index in [1.54, 1.807) is 21.1 Å². The van der Waals surface area contributed by atoms with Gasteiger partial charge in [0.25, 0.3) is 0 Å². The van der Waals surface area contributed by atoms with Crippen LogP contribution in [0.5, 0.6) is 11.5 Å². The van der Waals surface area contributed by atoms with Crippen LogP contribution in [0.2, 0.25) is 0 Å². The molecule has 0 radical (unpaired) electrons. The van der Waals surface area contributed by atoms with Crippen LogP contribution < -0.4 is 25.8 Å². The number of amides is 2. The van der Waals surface area contributed by atoms with Crippen molar-refractivity contribution in [3.8, 4) is 11.5 Å². The first kappa shape index (κ1) is 30.7. The Hall–Kier alpha value is -4.71. The molecule has 1 saturated heterocycles. The number of nitrogens with zero attached hydrogens (tertiary/aromatic N) is 2. The van der Waals surface area contributed by atoms with Crippen LogP contribution in [0.4, 0.5) is 10.6 Å². The standard InChI is InChI=1S/C33H36N4O7/c1-4-34-31(39)35-29-18-19-37(32(40)36-29)30-20-27(38)28(44-30)21-43-33(22-8-6-5-7-9-22,23-10-14-25(41-2)15-11-23)24-12-16-26(42-3)17-13-24/h5-19,27-28,30,38H,4,20-21H2,1-3H3,(H2,34,35,36,39,40)/t27-,28+,30+/m0/s1. The monoisotopic (exact) mass is 600 g/mol. The quantitative estimate of drug-likeness (QED) is 0.220. The Morgan fingerprint density at radius 2 is 1.55 bits per heavy atom. The van der Waals surface area contributed by atoms with Crippen molar-refractivity contribution in [3.05, 3.63) is 118 Å². The van der Waals surface area contributed by atoms with Gasteiger partial charge < -0.3 is 29.4 Å². The SMILES string of the molecule is CCNC(=O)Nc1ccn([C@H]2C[C@H](O)[C@@H](COC(c3ccccc3)(c3ccc(OC)cc3)c3ccc(OC)cc3)O2)c(=O)n1. The van der Waals surface area contributed by atoms with Gasteiger partial charge in [-0.05, 0) is 53.9 Å². The lowest BCUT2D eigenvalue weighted by molar-refractivity contribution is -0.0944. The number of urea groups is 1. The molecule has 0 aliphatic carbocycles. The highest BCUT2D eigenvalue weighted by Crippen LogP contribution is 2.42. The van der Waals surface area contributed by atoms with Crippen molar-refractivity contribution in [3.63, 3.8) is 0 Å². The van der Waals surface area contributed by atoms with E-state index in [4.69, 9.17) is 18.9 Å². The predicted molar refractivity (Wildman–Crippen MR) is 164 cm³/mol. The molecule has 230 valence electrons. The lowest BCUT2D eigenvalue weighted by Crippen LogP contribution is -2.38. The molecule has 0 saturated carbocycles. The Balaban J connectivity index is 1.45. The van der Waals surface area contributed by atoms with Crippen molar-refractivity contribution in [2.75, 3.05) is 32.7 Å². The molecule has 11 heteroatoms. The minimum Gasteiger partial charge on any atom is -0.497 e. The summed E-state index contributed by atoms with van der Waals surface area (Å²) in [6.07, 6.45) is -0.798. The Labute approximate surface area is 255 Å². The molecule has 4 aromatic rings. The molecule has 1 fully saturated rings. The number of methoxy groups -OCH3 is 2. The summed E-state index contributed by atoms with van der Waals surface area (Å²) in [5.41, 5.74) is 0.845. The maximum atomic E-state index is 12.8. The van der Waals surface area contributed by atoms with Gasteiger partial charge >= 0.3 is 11.7 Å². The van der Waals surface area contributed by atoms with Crippen molar-refractivity contribution in [1.29, 1.82) is 0 Å². The fourth-order valence-electron chi connectivity index (χ4n) is 5.34. The van der Waals surface area contributed by atoms with E-state index in [1.807, 2.05) is 78.9 Å². The third kappa shape index (κ3) is 6.45. The van der Waals surface area contributed by atoms with Crippen LogP contribution >= 0.6 is 0 Å². The summed E-state index contributed by atoms with van der Waals surface area (Å²) in [6, 6.07) is 26.2. The molecule has 1 aliphatic heterocycles. The van der Waals surface area contributed by atoms with Crippen molar-refractivity contribution in [2.45, 2.75) is 37.4 Å². The second kappa shape index (κ2) is 13.7. The number of nitrogens with one attached hydrogen (secondary N) is 2. The highest BCUT2D eigenvalue weighted by atomic mass is 16.6. The molecule has 2 heterocycles. The number of ether oxygens (including phenoxy) is 4. The van der Waals surface area contributed by atoms with E-state index in [9.17, 15) is 14.7 Å². The van der Waals surface area contributed by atoms with Gasteiger partial charge in [-0.15, -0.1) is 0 Å². The average Bonchev–Trinajstić information content (AvgIpc) is 3.42. The fraction of sp³-hybridized carbons (Fsp3) is 0.303. The zero-order valence-electron chi connectivity index (χ0n) is 24.8. The summed E-state index contributed by atoms with van der Waals surface area (Å²) in [7, 11) is 3.23. The average molecular weight is 601 g/mol. The van der Waals surface area contributed by atoms with Gasteiger partial charge in [0.1, 0.15) is 35.2 Å². The fourth-order valence-corrected chi connectivity index (χ4v) is 5.34. The van der Waals surface area contributed by atoms with Crippen molar-refractivity contribution in [2.24, 2.45) is 0 Å². The van der Waals surface area contributed by atoms with Crippen LogP contribution in [0, 0.1) is 0 Å². The molecule has 11 nitrogen and oxygen atoms in total. The molecule has 3 aromatic carbocycles. The van der Waals surface area contributed by atoms with Crippen LogP contribution in [0.1, 0.15) is 36.3 Å². The van der Waals surface area contributed by atoms with Crippen molar-refractivity contribution >= 4 is 11.8 Å². The minimum absolute atomic E-state index is 0.00360. The molecule has 44 heavy (non-hydrogen) atoms. The highest BCUT2D eigenvalue weighted by molar-refractivity contribution is 5.87. The molecule has 0 bridgehead atoms. The maximum Gasteiger partial charge on any atom is 0.351 e. The number of hydrogen-bond donors (Lipinski definition) is 3. The van der Waals surface area contributed by atoms with Crippen LogP contribution in [0.3, 0.4) is 0 Å². The highest BCUT2D eigenvalue weighted by Gasteiger charge is 2.42. The number of aliphatic hydroxyl groups is 1. The summed E-state index contributed by atoms with van der Waals surface area (Å²) < 4.78 is 25.2. The number of benzene rings is 3. The second-order valence-electron chi connectivity index (χ2n) is 10.2. The van der Waals surface area contributed by atoms with E-state index in [0.29, 0.717) is 18.0 Å². The third-order valence-electron chi connectivity index (χ3n) is 7.56. The molecule has 0 spiro atoms. The largest absolute Gasteiger partial charge is 0.497 e. The van der Waals surface area contributed by atoms with Crippen molar-refractivity contribution in [1.82, 2.24) is 14.9 Å². The number of carbonyl (C=O) groups excluding carboxylic acids is 1. The first-order chi connectivity index (χ1) is 21.4. The molecule has 1 aliphatic rings. The lowest BCUT2D eigenvalue weighted by Gasteiger charge is -2.37. The van der Waals surface area contributed by atoms with E-state index in [0.717, 1.165) is 16.7 Å². The lowest BCUT2D eigenvalue weighted by atomic mass is 9.80. The van der Waals surface area contributed by atoms with Gasteiger partial charge in [-0.2, -0.15) is 4.98 Å². The van der Waals surface area contributed by atoms with Gasteiger partial charge in [-0.3, -0.25) is 9.88 Å². The van der Waals surface area contributed by atoms with Crippen molar-refractivity contribution < 1.29 is 28.8 Å². The van der Waals surface area contributed by atoms with E-state index >= 15 is 0 Å². The first-order valence-corrected chi connectivity index (χ1v) is 14.3. The number of anilines is 1. The second-order valence-corrected chi connectivity index (χ2v) is 10.2. The normalized spacial score (nSPS) is 18.0. The number of hydrogen-bond acceptors (Lipinski definition) is 8. The van der Waals surface area contributed by atoms with Crippen LogP contribution in [0.15, 0.2) is 95.9 Å². The third-order valence-corrected chi connectivity index (χ3v) is 7.56. The smallest absolute Gasteiger partial charge is 0.351 e. The zero-order valence-corrected chi connectivity index (χ0v) is 24.8. The Kier molecular flexibility index (Phi) is 9.59. The summed E-state index contributed by atoms with van der Waals surface area (Å²) in [5, 5.41) is 16.2. The Bertz CT molecular complexity index is 1550. The topological polar surface area (TPSA) is 133 Å². The molecule has 5 rings (SSSR count). The summed E-state index contributed by atoms with van der Waals surface area (Å²) in [4.78, 5) is 28.6. The number of rotatable bonds is 11. The summed E-state index contributed by atoms with van der Waals surface area (Å²) >= 11 is 0. The molecular weight excluding hydrogens is 564 g/mol. The van der Waals surface area contributed by atoms with Gasteiger partial charge in [-0.1, -0.05) is 54.6 Å². The van der Waals surface area contributed by atoms with Gasteiger partial charge in [-0.25, -0.2) is 9.59 Å². The summed E-state index contributed by atoms with van der Waals surface area (Å²) in [6.45, 7) is 2.22. The van der Waals surface area contributed by atoms with Gasteiger partial charge in [0, 0.05) is 19.2 Å². The maximum absolute atomic E-state index is 12.8. The minimum atomic E-state index is -1.09. The first-order valence-electron chi connectivity index (χ1n) is 14.3. The molecule has 1 aromatic heterocycles. The zero-order chi connectivity index (χ0) is 31.1. The number of carbonyl (C=O) groups is 1. The van der Waals surface area contributed by atoms with Crippen LogP contribution in [-0.4, -0.2) is 60.3 Å². The predicted octanol–water partition coefficient (Wildman–Crippen LogP) is 4.06. The van der Waals surface area contributed by atoms with Gasteiger partial charge in [0.2, 0.25) is 0 Å². The number of aliphatic hydroxyl groups excluding tert-OH is 1. The van der Waals surface area contributed by atoms with E-state index < -0.39 is 35.8 Å². The number of aromatic nitrogens is 2. The van der Waals surface area contributed by atoms with Crippen LogP contribution in [-0.2, 0) is 15.1 Å². The van der Waals surface area contributed by atoms with Gasteiger partial charge in [0.05, 0.1) is 26.9 Å². The molecular formula is C33H36N4O7. The summed E-state index contributed by atoms with van der Waals surface area (Å²) in [5.74, 6) is 1.52. The molecule has 3 N–H and O–H groups in total. The van der Waals surface area contributed by atoms with E-state index in [1.165, 1.54) is 16.8 Å². The molecule has 2 amide bonds.